The fourth-order valence-electron chi connectivity index (χ4n) is 3.86. The van der Waals surface area contributed by atoms with Crippen LogP contribution in [0.4, 0.5) is 5.69 Å². The molecule has 0 aromatic heterocycles. The van der Waals surface area contributed by atoms with E-state index in [2.05, 4.69) is 54.5 Å². The van der Waals surface area contributed by atoms with Crippen LogP contribution < -0.4 is 15.0 Å². The summed E-state index contributed by atoms with van der Waals surface area (Å²) < 4.78 is 5.65. The molecule has 29 heavy (non-hydrogen) atoms. The molecule has 5 nitrogen and oxygen atoms in total. The number of ether oxygens (including phenoxy) is 1. The van der Waals surface area contributed by atoms with Crippen molar-refractivity contribution in [2.45, 2.75) is 38.8 Å². The maximum absolute atomic E-state index is 12.6. The number of anilines is 1. The predicted octanol–water partition coefficient (Wildman–Crippen LogP) is 3.89. The van der Waals surface area contributed by atoms with Crippen molar-refractivity contribution >= 4 is 11.6 Å². The summed E-state index contributed by atoms with van der Waals surface area (Å²) in [5, 5.41) is 3.10. The summed E-state index contributed by atoms with van der Waals surface area (Å²) in [5.41, 5.74) is 4.61. The number of aryl methyl sites for hydroxylation is 1. The lowest BCUT2D eigenvalue weighted by molar-refractivity contribution is 0.0942. The van der Waals surface area contributed by atoms with Crippen LogP contribution in [0.5, 0.6) is 5.75 Å². The van der Waals surface area contributed by atoms with Crippen LogP contribution in [0.3, 0.4) is 0 Å². The Morgan fingerprint density at radius 3 is 2.55 bits per heavy atom. The second-order valence-electron chi connectivity index (χ2n) is 8.29. The molecule has 5 heteroatoms. The average Bonchev–Trinajstić information content (AvgIpc) is 2.68. The Morgan fingerprint density at radius 1 is 1.17 bits per heavy atom. The van der Waals surface area contributed by atoms with Crippen LogP contribution in [0.25, 0.3) is 0 Å². The van der Waals surface area contributed by atoms with E-state index in [-0.39, 0.29) is 18.1 Å². The zero-order chi connectivity index (χ0) is 21.0. The summed E-state index contributed by atoms with van der Waals surface area (Å²) in [6.07, 6.45) is 2.42. The Balaban J connectivity index is 1.67. The number of likely N-dealkylation sites (N-methyl/N-ethyl adjacent to an activating group) is 1. The van der Waals surface area contributed by atoms with Crippen LogP contribution in [-0.4, -0.2) is 51.1 Å². The largest absolute Gasteiger partial charge is 0.491 e. The van der Waals surface area contributed by atoms with Crippen LogP contribution in [-0.2, 0) is 6.42 Å². The van der Waals surface area contributed by atoms with E-state index in [0.29, 0.717) is 12.1 Å². The second kappa shape index (κ2) is 9.31. The monoisotopic (exact) mass is 395 g/mol. The molecule has 2 aromatic rings. The van der Waals surface area contributed by atoms with Crippen molar-refractivity contribution in [3.63, 3.8) is 0 Å². The highest BCUT2D eigenvalue weighted by atomic mass is 16.5. The van der Waals surface area contributed by atoms with E-state index in [0.717, 1.165) is 18.7 Å². The first-order valence-corrected chi connectivity index (χ1v) is 10.4. The van der Waals surface area contributed by atoms with Crippen molar-refractivity contribution in [1.29, 1.82) is 0 Å². The van der Waals surface area contributed by atoms with Gasteiger partial charge in [0.2, 0.25) is 0 Å². The summed E-state index contributed by atoms with van der Waals surface area (Å²) in [6, 6.07) is 14.2. The molecular formula is C24H33N3O2. The number of hydrogen-bond acceptors (Lipinski definition) is 4. The second-order valence-corrected chi connectivity index (χ2v) is 8.29. The van der Waals surface area contributed by atoms with Gasteiger partial charge in [0.05, 0.1) is 12.1 Å². The van der Waals surface area contributed by atoms with Crippen LogP contribution in [0.15, 0.2) is 42.5 Å². The molecule has 0 saturated carbocycles. The predicted molar refractivity (Wildman–Crippen MR) is 119 cm³/mol. The number of benzene rings is 2. The number of rotatable bonds is 7. The lowest BCUT2D eigenvalue weighted by Crippen LogP contribution is -2.34. The molecule has 0 spiro atoms. The lowest BCUT2D eigenvalue weighted by Gasteiger charge is -2.30. The quantitative estimate of drug-likeness (QED) is 0.773. The molecule has 0 bridgehead atoms. The molecule has 0 radical (unpaired) electrons. The molecule has 3 rings (SSSR count). The van der Waals surface area contributed by atoms with Crippen molar-refractivity contribution in [1.82, 2.24) is 10.2 Å². The first kappa shape index (κ1) is 21.2. The van der Waals surface area contributed by atoms with E-state index in [9.17, 15) is 4.79 Å². The van der Waals surface area contributed by atoms with E-state index in [1.807, 2.05) is 38.1 Å². The van der Waals surface area contributed by atoms with Gasteiger partial charge in [0.15, 0.2) is 0 Å². The Morgan fingerprint density at radius 2 is 1.90 bits per heavy atom. The van der Waals surface area contributed by atoms with Crippen molar-refractivity contribution in [2.75, 3.05) is 39.1 Å². The zero-order valence-electron chi connectivity index (χ0n) is 18.2. The molecule has 1 aliphatic rings. The third kappa shape index (κ3) is 5.30. The van der Waals surface area contributed by atoms with E-state index in [4.69, 9.17) is 4.74 Å². The van der Waals surface area contributed by atoms with Gasteiger partial charge in [-0.25, -0.2) is 0 Å². The molecule has 1 amide bonds. The van der Waals surface area contributed by atoms with Gasteiger partial charge in [-0.05, 0) is 82.2 Å². The van der Waals surface area contributed by atoms with Crippen molar-refractivity contribution in [3.8, 4) is 5.75 Å². The minimum absolute atomic E-state index is 0.0642. The topological polar surface area (TPSA) is 44.8 Å². The number of hydrogen-bond donors (Lipinski definition) is 1. The Hall–Kier alpha value is -2.53. The number of nitrogens with one attached hydrogen (secondary N) is 1. The first-order valence-electron chi connectivity index (χ1n) is 10.4. The van der Waals surface area contributed by atoms with Gasteiger partial charge in [-0.3, -0.25) is 4.79 Å². The van der Waals surface area contributed by atoms with Crippen LogP contribution in [0, 0.1) is 0 Å². The summed E-state index contributed by atoms with van der Waals surface area (Å²) >= 11 is 0. The number of carbonyl (C=O) groups excluding carboxylic acids is 1. The molecule has 1 aliphatic heterocycles. The molecule has 0 aliphatic carbocycles. The van der Waals surface area contributed by atoms with E-state index < -0.39 is 0 Å². The summed E-state index contributed by atoms with van der Waals surface area (Å²) in [4.78, 5) is 17.1. The molecule has 1 atom stereocenters. The van der Waals surface area contributed by atoms with Crippen molar-refractivity contribution in [3.05, 3.63) is 59.2 Å². The van der Waals surface area contributed by atoms with Crippen LogP contribution >= 0.6 is 0 Å². The van der Waals surface area contributed by atoms with Gasteiger partial charge in [-0.2, -0.15) is 0 Å². The smallest absolute Gasteiger partial charge is 0.251 e. The molecule has 156 valence electrons. The molecule has 0 unspecified atom stereocenters. The third-order valence-electron chi connectivity index (χ3n) is 5.41. The number of fused-ring (bicyclic) bond motifs is 1. The molecule has 1 heterocycles. The standard InChI is InChI=1S/C24H33N3O2/c1-17(2)29-21-11-8-18(9-12-21)24(28)25-16-23(26(3)4)20-10-13-22-19(15-20)7-6-14-27(22)5/h8-13,15,17,23H,6-7,14,16H2,1-5H3,(H,25,28)/t23-/m1/s1. The SMILES string of the molecule is CC(C)Oc1ccc(C(=O)NC[C@H](c2ccc3c(c2)CCCN3C)N(C)C)cc1. The van der Waals surface area contributed by atoms with Gasteiger partial charge < -0.3 is 19.9 Å². The summed E-state index contributed by atoms with van der Waals surface area (Å²) in [5.74, 6) is 0.715. The Bertz CT molecular complexity index is 831. The molecule has 0 fully saturated rings. The molecule has 0 saturated heterocycles. The molecule has 2 aromatic carbocycles. The fourth-order valence-corrected chi connectivity index (χ4v) is 3.86. The zero-order valence-corrected chi connectivity index (χ0v) is 18.2. The van der Waals surface area contributed by atoms with Gasteiger partial charge in [-0.1, -0.05) is 12.1 Å². The lowest BCUT2D eigenvalue weighted by atomic mass is 9.96. The molecular weight excluding hydrogens is 362 g/mol. The number of amides is 1. The normalized spacial score (nSPS) is 14.7. The van der Waals surface area contributed by atoms with Crippen molar-refractivity contribution in [2.24, 2.45) is 0 Å². The minimum atomic E-state index is -0.0642. The van der Waals surface area contributed by atoms with Gasteiger partial charge in [0, 0.05) is 31.4 Å². The van der Waals surface area contributed by atoms with Gasteiger partial charge in [0.1, 0.15) is 5.75 Å². The van der Waals surface area contributed by atoms with Gasteiger partial charge >= 0.3 is 0 Å². The maximum Gasteiger partial charge on any atom is 0.251 e. The molecule has 1 N–H and O–H groups in total. The first-order chi connectivity index (χ1) is 13.8. The van der Waals surface area contributed by atoms with Crippen LogP contribution in [0.1, 0.15) is 47.8 Å². The summed E-state index contributed by atoms with van der Waals surface area (Å²) in [7, 11) is 6.26. The maximum atomic E-state index is 12.6. The number of nitrogens with zero attached hydrogens (tertiary/aromatic N) is 2. The average molecular weight is 396 g/mol. The van der Waals surface area contributed by atoms with Crippen molar-refractivity contribution < 1.29 is 9.53 Å². The Kier molecular flexibility index (Phi) is 6.80. The van der Waals surface area contributed by atoms with Crippen LogP contribution in [0.2, 0.25) is 0 Å². The highest BCUT2D eigenvalue weighted by Gasteiger charge is 2.20. The minimum Gasteiger partial charge on any atom is -0.491 e. The van der Waals surface area contributed by atoms with Gasteiger partial charge in [0.25, 0.3) is 5.91 Å². The third-order valence-corrected chi connectivity index (χ3v) is 5.41. The number of carbonyl (C=O) groups is 1. The van der Waals surface area contributed by atoms with Gasteiger partial charge in [-0.15, -0.1) is 0 Å². The van der Waals surface area contributed by atoms with E-state index in [1.165, 1.54) is 23.2 Å². The van der Waals surface area contributed by atoms with E-state index in [1.54, 1.807) is 0 Å². The highest BCUT2D eigenvalue weighted by Crippen LogP contribution is 2.30. The highest BCUT2D eigenvalue weighted by molar-refractivity contribution is 5.94. The fraction of sp³-hybridized carbons (Fsp3) is 0.458. The summed E-state index contributed by atoms with van der Waals surface area (Å²) in [6.45, 7) is 5.65. The Labute approximate surface area is 174 Å². The van der Waals surface area contributed by atoms with E-state index >= 15 is 0 Å².